The van der Waals surface area contributed by atoms with Gasteiger partial charge in [-0.2, -0.15) is 0 Å². The molecular weight excluding hydrogens is 444 g/mol. The number of carbonyl (C=O) groups excluding carboxylic acids is 1. The van der Waals surface area contributed by atoms with Gasteiger partial charge < -0.3 is 4.74 Å². The molecule has 0 bridgehead atoms. The Labute approximate surface area is 198 Å². The maximum atomic E-state index is 13.0. The van der Waals surface area contributed by atoms with Gasteiger partial charge in [-0.15, -0.1) is 0 Å². The largest absolute Gasteiger partial charge is 0.468 e. The van der Waals surface area contributed by atoms with Crippen LogP contribution in [-0.4, -0.2) is 23.6 Å². The van der Waals surface area contributed by atoms with Crippen molar-refractivity contribution >= 4 is 43.3 Å². The zero-order chi connectivity index (χ0) is 23.0. The Hall–Kier alpha value is -2.83. The maximum Gasteiger partial charge on any atom is 0.323 e. The molecular formula is C28H27NO2P2. The third-order valence-corrected chi connectivity index (χ3v) is 11.0. The lowest BCUT2D eigenvalue weighted by atomic mass is 10.4. The fourth-order valence-corrected chi connectivity index (χ4v) is 9.95. The topological polar surface area (TPSA) is 29.5 Å². The molecule has 0 heterocycles. The molecule has 4 aromatic carbocycles. The molecule has 0 aliphatic carbocycles. The molecule has 0 spiro atoms. The Balaban J connectivity index is 1.98. The summed E-state index contributed by atoms with van der Waals surface area (Å²) >= 11 is 0. The zero-order valence-corrected chi connectivity index (χ0v) is 20.6. The lowest BCUT2D eigenvalue weighted by Gasteiger charge is -2.41. The third kappa shape index (κ3) is 5.40. The van der Waals surface area contributed by atoms with Crippen LogP contribution >= 0.6 is 16.1 Å². The second kappa shape index (κ2) is 11.3. The summed E-state index contributed by atoms with van der Waals surface area (Å²) in [6.45, 7) is 1.97. The van der Waals surface area contributed by atoms with Gasteiger partial charge in [0.1, 0.15) is 6.04 Å². The van der Waals surface area contributed by atoms with Gasteiger partial charge in [0, 0.05) is 16.1 Å². The number of benzene rings is 4. The second-order valence-electron chi connectivity index (χ2n) is 7.49. The number of hydrogen-bond donors (Lipinski definition) is 0. The first kappa shape index (κ1) is 23.3. The van der Waals surface area contributed by atoms with Gasteiger partial charge in [0.2, 0.25) is 0 Å². The Morgan fingerprint density at radius 1 is 0.606 bits per heavy atom. The molecule has 5 heteroatoms. The quantitative estimate of drug-likeness (QED) is 0.269. The highest BCUT2D eigenvalue weighted by atomic mass is 31.2. The summed E-state index contributed by atoms with van der Waals surface area (Å²) in [6, 6.07) is 41.6. The number of nitrogens with zero attached hydrogens (tertiary/aromatic N) is 1. The molecule has 0 unspecified atom stereocenters. The van der Waals surface area contributed by atoms with E-state index < -0.39 is 22.2 Å². The fourth-order valence-electron chi connectivity index (χ4n) is 3.75. The minimum absolute atomic E-state index is 0.228. The number of methoxy groups -OCH3 is 1. The monoisotopic (exact) mass is 471 g/mol. The van der Waals surface area contributed by atoms with Crippen LogP contribution in [0, 0.1) is 0 Å². The van der Waals surface area contributed by atoms with Gasteiger partial charge in [-0.1, -0.05) is 121 Å². The van der Waals surface area contributed by atoms with Crippen LogP contribution in [0.2, 0.25) is 0 Å². The van der Waals surface area contributed by atoms with E-state index in [1.165, 1.54) is 28.3 Å². The minimum atomic E-state index is -1.02. The van der Waals surface area contributed by atoms with Gasteiger partial charge in [0.05, 0.1) is 7.11 Å². The molecule has 0 amide bonds. The molecule has 33 heavy (non-hydrogen) atoms. The van der Waals surface area contributed by atoms with Gasteiger partial charge in [-0.3, -0.25) is 4.79 Å². The van der Waals surface area contributed by atoms with Crippen molar-refractivity contribution in [2.45, 2.75) is 13.0 Å². The van der Waals surface area contributed by atoms with Crippen molar-refractivity contribution in [2.75, 3.05) is 7.11 Å². The van der Waals surface area contributed by atoms with Crippen molar-refractivity contribution in [3.05, 3.63) is 121 Å². The van der Waals surface area contributed by atoms with Crippen LogP contribution in [0.5, 0.6) is 0 Å². The number of rotatable bonds is 8. The first-order valence-corrected chi connectivity index (χ1v) is 13.5. The Kier molecular flexibility index (Phi) is 8.02. The van der Waals surface area contributed by atoms with Gasteiger partial charge >= 0.3 is 5.97 Å². The molecule has 0 saturated heterocycles. The van der Waals surface area contributed by atoms with Crippen molar-refractivity contribution < 1.29 is 9.53 Å². The number of carbonyl (C=O) groups is 1. The van der Waals surface area contributed by atoms with Crippen LogP contribution in [0.4, 0.5) is 0 Å². The second-order valence-corrected chi connectivity index (χ2v) is 12.0. The summed E-state index contributed by atoms with van der Waals surface area (Å²) < 4.78 is 7.69. The fraction of sp³-hybridized carbons (Fsp3) is 0.107. The van der Waals surface area contributed by atoms with Crippen LogP contribution < -0.4 is 21.2 Å². The van der Waals surface area contributed by atoms with Gasteiger partial charge in [0.25, 0.3) is 0 Å². The van der Waals surface area contributed by atoms with E-state index in [1.807, 2.05) is 31.2 Å². The number of hydrogen-bond acceptors (Lipinski definition) is 3. The van der Waals surface area contributed by atoms with E-state index in [4.69, 9.17) is 4.74 Å². The summed E-state index contributed by atoms with van der Waals surface area (Å²) in [5.41, 5.74) is 0. The molecule has 0 aliphatic heterocycles. The van der Waals surface area contributed by atoms with E-state index in [-0.39, 0.29) is 5.97 Å². The summed E-state index contributed by atoms with van der Waals surface area (Å²) in [6.07, 6.45) is 0. The molecule has 0 fully saturated rings. The summed E-state index contributed by atoms with van der Waals surface area (Å²) in [4.78, 5) is 13.0. The van der Waals surface area contributed by atoms with Crippen molar-refractivity contribution in [1.29, 1.82) is 0 Å². The van der Waals surface area contributed by atoms with E-state index in [0.29, 0.717) is 0 Å². The predicted octanol–water partition coefficient (Wildman–Crippen LogP) is 4.95. The van der Waals surface area contributed by atoms with E-state index in [1.54, 1.807) is 0 Å². The molecule has 4 rings (SSSR count). The van der Waals surface area contributed by atoms with Crippen LogP contribution in [0.3, 0.4) is 0 Å². The van der Waals surface area contributed by atoms with Crippen molar-refractivity contribution in [1.82, 2.24) is 4.44 Å². The predicted molar refractivity (Wildman–Crippen MR) is 141 cm³/mol. The standard InChI is InChI=1S/C28H27NO2P2/c1-23(28(30)31-2)29(32(24-15-7-3-8-16-24)25-17-9-4-10-18-25)33(26-19-11-5-12-20-26)27-21-13-6-14-22-27/h3-23H,1-2H3/t23-/m0/s1. The molecule has 0 radical (unpaired) electrons. The first-order chi connectivity index (χ1) is 16.2. The molecule has 166 valence electrons. The van der Waals surface area contributed by atoms with Gasteiger partial charge in [-0.25, -0.2) is 4.44 Å². The van der Waals surface area contributed by atoms with E-state index in [9.17, 15) is 4.79 Å². The van der Waals surface area contributed by atoms with Crippen molar-refractivity contribution in [3.63, 3.8) is 0 Å². The van der Waals surface area contributed by atoms with E-state index in [2.05, 4.69) is 102 Å². The lowest BCUT2D eigenvalue weighted by Crippen LogP contribution is -2.41. The minimum Gasteiger partial charge on any atom is -0.468 e. The molecule has 0 aliphatic rings. The van der Waals surface area contributed by atoms with Crippen LogP contribution in [-0.2, 0) is 9.53 Å². The van der Waals surface area contributed by atoms with E-state index in [0.717, 1.165) is 0 Å². The molecule has 1 atom stereocenters. The maximum absolute atomic E-state index is 13.0. The van der Waals surface area contributed by atoms with Gasteiger partial charge in [0.15, 0.2) is 0 Å². The van der Waals surface area contributed by atoms with Crippen LogP contribution in [0.1, 0.15) is 6.92 Å². The van der Waals surface area contributed by atoms with Crippen LogP contribution in [0.25, 0.3) is 0 Å². The normalized spacial score (nSPS) is 12.2. The molecule has 0 saturated carbocycles. The smallest absolute Gasteiger partial charge is 0.323 e. The lowest BCUT2D eigenvalue weighted by molar-refractivity contribution is -0.143. The summed E-state index contributed by atoms with van der Waals surface area (Å²) in [5.74, 6) is -0.228. The third-order valence-electron chi connectivity index (χ3n) is 5.30. The summed E-state index contributed by atoms with van der Waals surface area (Å²) in [7, 11) is -0.565. The van der Waals surface area contributed by atoms with Crippen molar-refractivity contribution in [3.8, 4) is 0 Å². The molecule has 0 aromatic heterocycles. The first-order valence-electron chi connectivity index (χ1n) is 10.9. The number of esters is 1. The number of ether oxygens (including phenoxy) is 1. The van der Waals surface area contributed by atoms with Gasteiger partial charge in [-0.05, 0) is 28.1 Å². The Morgan fingerprint density at radius 3 is 1.12 bits per heavy atom. The molecule has 3 nitrogen and oxygen atoms in total. The Morgan fingerprint density at radius 2 is 0.879 bits per heavy atom. The molecule has 4 aromatic rings. The SMILES string of the molecule is COC(=O)[C@H](C)N(P(c1ccccc1)c1ccccc1)P(c1ccccc1)c1ccccc1. The van der Waals surface area contributed by atoms with Crippen molar-refractivity contribution in [2.24, 2.45) is 0 Å². The highest BCUT2D eigenvalue weighted by Gasteiger charge is 2.38. The van der Waals surface area contributed by atoms with Crippen LogP contribution in [0.15, 0.2) is 121 Å². The Bertz CT molecular complexity index is 980. The average molecular weight is 471 g/mol. The highest BCUT2D eigenvalue weighted by Crippen LogP contribution is 2.56. The average Bonchev–Trinajstić information content (AvgIpc) is 2.90. The zero-order valence-electron chi connectivity index (χ0n) is 18.8. The molecule has 0 N–H and O–H groups in total. The van der Waals surface area contributed by atoms with E-state index >= 15 is 0 Å². The summed E-state index contributed by atoms with van der Waals surface area (Å²) in [5, 5.41) is 4.81. The highest BCUT2D eigenvalue weighted by molar-refractivity contribution is 7.84.